The first-order valence-electron chi connectivity index (χ1n) is 10.4. The number of amides is 2. The van der Waals surface area contributed by atoms with E-state index >= 15 is 0 Å². The second-order valence-corrected chi connectivity index (χ2v) is 7.59. The lowest BCUT2D eigenvalue weighted by Gasteiger charge is -2.32. The molecule has 1 aromatic carbocycles. The number of halogens is 1. The molecule has 1 saturated heterocycles. The van der Waals surface area contributed by atoms with Crippen LogP contribution in [0.2, 0.25) is 0 Å². The number of piperidine rings is 1. The van der Waals surface area contributed by atoms with Crippen molar-refractivity contribution in [3.63, 3.8) is 0 Å². The topological polar surface area (TPSA) is 80.1 Å². The Morgan fingerprint density at radius 2 is 1.97 bits per heavy atom. The highest BCUT2D eigenvalue weighted by molar-refractivity contribution is 6.04. The third-order valence-corrected chi connectivity index (χ3v) is 5.55. The Labute approximate surface area is 179 Å². The Hall–Kier alpha value is -3.55. The minimum atomic E-state index is -0.358. The van der Waals surface area contributed by atoms with Crippen LogP contribution in [-0.2, 0) is 6.54 Å². The lowest BCUT2D eigenvalue weighted by atomic mass is 9.93. The fourth-order valence-corrected chi connectivity index (χ4v) is 3.83. The van der Waals surface area contributed by atoms with E-state index < -0.39 is 0 Å². The van der Waals surface area contributed by atoms with Gasteiger partial charge in [0.25, 0.3) is 11.8 Å². The smallest absolute Gasteiger partial charge is 0.272 e. The van der Waals surface area contributed by atoms with Crippen LogP contribution in [-0.4, -0.2) is 44.3 Å². The minimum absolute atomic E-state index is 0.0145. The molecule has 3 aromatic rings. The Bertz CT molecular complexity index is 1060. The van der Waals surface area contributed by atoms with Crippen molar-refractivity contribution in [3.05, 3.63) is 77.9 Å². The van der Waals surface area contributed by atoms with E-state index in [0.29, 0.717) is 36.6 Å². The molecule has 0 radical (unpaired) electrons. The molecule has 7 nitrogen and oxygen atoms in total. The van der Waals surface area contributed by atoms with Crippen LogP contribution in [0.4, 0.5) is 10.1 Å². The lowest BCUT2D eigenvalue weighted by Crippen LogP contribution is -2.40. The highest BCUT2D eigenvalue weighted by atomic mass is 19.1. The minimum Gasteiger partial charge on any atom is -0.337 e. The van der Waals surface area contributed by atoms with Gasteiger partial charge in [-0.1, -0.05) is 0 Å². The molecule has 160 valence electrons. The van der Waals surface area contributed by atoms with Gasteiger partial charge in [0.1, 0.15) is 11.5 Å². The third kappa shape index (κ3) is 4.63. The number of hydrogen-bond acceptors (Lipinski definition) is 4. The van der Waals surface area contributed by atoms with Crippen LogP contribution < -0.4 is 5.32 Å². The summed E-state index contributed by atoms with van der Waals surface area (Å²) in [6, 6.07) is 9.17. The zero-order valence-electron chi connectivity index (χ0n) is 17.3. The molecule has 0 saturated carbocycles. The first kappa shape index (κ1) is 20.7. The lowest BCUT2D eigenvalue weighted by molar-refractivity contribution is 0.0695. The molecule has 8 heteroatoms. The molecular weight excluding hydrogens is 397 g/mol. The second kappa shape index (κ2) is 9.07. The van der Waals surface area contributed by atoms with E-state index in [-0.39, 0.29) is 23.5 Å². The molecule has 1 N–H and O–H groups in total. The van der Waals surface area contributed by atoms with Gasteiger partial charge in [0.15, 0.2) is 0 Å². The number of aromatic nitrogens is 3. The number of pyridine rings is 1. The summed E-state index contributed by atoms with van der Waals surface area (Å²) in [6.45, 7) is 3.97. The highest BCUT2D eigenvalue weighted by Gasteiger charge is 2.27. The molecule has 0 unspecified atom stereocenters. The number of rotatable bonds is 5. The molecule has 1 fully saturated rings. The summed E-state index contributed by atoms with van der Waals surface area (Å²) in [5, 5.41) is 2.73. The SMILES string of the molecule is CCn1cncc1C(=O)N1CCC[C@H](c2ccc(C(=O)Nc3ccc(F)cc3)cn2)C1. The number of aryl methyl sites for hydroxylation is 1. The summed E-state index contributed by atoms with van der Waals surface area (Å²) < 4.78 is 14.9. The van der Waals surface area contributed by atoms with Crippen LogP contribution in [0.25, 0.3) is 0 Å². The van der Waals surface area contributed by atoms with Gasteiger partial charge in [-0.15, -0.1) is 0 Å². The Kier molecular flexibility index (Phi) is 6.06. The highest BCUT2D eigenvalue weighted by Crippen LogP contribution is 2.27. The summed E-state index contributed by atoms with van der Waals surface area (Å²) in [7, 11) is 0. The summed E-state index contributed by atoms with van der Waals surface area (Å²) in [4.78, 5) is 35.8. The Morgan fingerprint density at radius 1 is 1.16 bits per heavy atom. The molecule has 0 aliphatic carbocycles. The second-order valence-electron chi connectivity index (χ2n) is 7.59. The number of anilines is 1. The predicted octanol–water partition coefficient (Wildman–Crippen LogP) is 3.71. The van der Waals surface area contributed by atoms with Crippen molar-refractivity contribution in [2.75, 3.05) is 18.4 Å². The number of carbonyl (C=O) groups is 2. The molecule has 1 atom stereocenters. The zero-order valence-corrected chi connectivity index (χ0v) is 17.3. The molecular formula is C23H24FN5O2. The first-order valence-corrected chi connectivity index (χ1v) is 10.4. The standard InChI is InChI=1S/C23H24FN5O2/c1-2-28-15-25-13-21(28)23(31)29-11-3-4-17(14-29)20-10-5-16(12-26-20)22(30)27-19-8-6-18(24)7-9-19/h5-10,12-13,15,17H,2-4,11,14H2,1H3,(H,27,30)/t17-/m0/s1. The van der Waals surface area contributed by atoms with Crippen LogP contribution in [0.1, 0.15) is 52.2 Å². The Balaban J connectivity index is 1.42. The van der Waals surface area contributed by atoms with Crippen LogP contribution >= 0.6 is 0 Å². The van der Waals surface area contributed by atoms with Crippen molar-refractivity contribution in [3.8, 4) is 0 Å². The van der Waals surface area contributed by atoms with Gasteiger partial charge in [-0.2, -0.15) is 0 Å². The summed E-state index contributed by atoms with van der Waals surface area (Å²) in [6.07, 6.45) is 6.66. The average Bonchev–Trinajstić information content (AvgIpc) is 3.29. The van der Waals surface area contributed by atoms with E-state index in [4.69, 9.17) is 0 Å². The van der Waals surface area contributed by atoms with E-state index in [1.165, 1.54) is 24.3 Å². The normalized spacial score (nSPS) is 16.2. The van der Waals surface area contributed by atoms with Crippen LogP contribution in [0.5, 0.6) is 0 Å². The maximum atomic E-state index is 13.0. The van der Waals surface area contributed by atoms with Gasteiger partial charge in [0.2, 0.25) is 0 Å². The maximum Gasteiger partial charge on any atom is 0.272 e. The maximum absolute atomic E-state index is 13.0. The Morgan fingerprint density at radius 3 is 2.68 bits per heavy atom. The summed E-state index contributed by atoms with van der Waals surface area (Å²) in [5.74, 6) is -0.564. The van der Waals surface area contributed by atoms with E-state index in [9.17, 15) is 14.0 Å². The number of hydrogen-bond donors (Lipinski definition) is 1. The zero-order chi connectivity index (χ0) is 21.8. The number of benzene rings is 1. The van der Waals surface area contributed by atoms with Crippen molar-refractivity contribution >= 4 is 17.5 Å². The number of nitrogens with one attached hydrogen (secondary N) is 1. The molecule has 1 aliphatic heterocycles. The van der Waals surface area contributed by atoms with E-state index in [1.54, 1.807) is 24.8 Å². The molecule has 0 bridgehead atoms. The van der Waals surface area contributed by atoms with Gasteiger partial charge in [-0.25, -0.2) is 9.37 Å². The average molecular weight is 421 g/mol. The van der Waals surface area contributed by atoms with E-state index in [0.717, 1.165) is 18.5 Å². The van der Waals surface area contributed by atoms with Crippen molar-refractivity contribution in [2.45, 2.75) is 32.2 Å². The first-order chi connectivity index (χ1) is 15.0. The number of imidazole rings is 1. The molecule has 2 aromatic heterocycles. The van der Waals surface area contributed by atoms with Gasteiger partial charge in [0, 0.05) is 43.1 Å². The molecule has 0 spiro atoms. The van der Waals surface area contributed by atoms with Gasteiger partial charge >= 0.3 is 0 Å². The van der Waals surface area contributed by atoms with Crippen LogP contribution in [0, 0.1) is 5.82 Å². The number of carbonyl (C=O) groups excluding carboxylic acids is 2. The third-order valence-electron chi connectivity index (χ3n) is 5.55. The molecule has 1 aliphatic rings. The summed E-state index contributed by atoms with van der Waals surface area (Å²) in [5.41, 5.74) is 2.40. The number of nitrogens with zero attached hydrogens (tertiary/aromatic N) is 4. The van der Waals surface area contributed by atoms with Crippen molar-refractivity contribution in [1.82, 2.24) is 19.4 Å². The fourth-order valence-electron chi connectivity index (χ4n) is 3.83. The van der Waals surface area contributed by atoms with Gasteiger partial charge in [0.05, 0.1) is 18.1 Å². The molecule has 31 heavy (non-hydrogen) atoms. The largest absolute Gasteiger partial charge is 0.337 e. The summed E-state index contributed by atoms with van der Waals surface area (Å²) >= 11 is 0. The monoisotopic (exact) mass is 421 g/mol. The molecule has 3 heterocycles. The quantitative estimate of drug-likeness (QED) is 0.681. The van der Waals surface area contributed by atoms with E-state index in [1.807, 2.05) is 22.5 Å². The van der Waals surface area contributed by atoms with Crippen molar-refractivity contribution in [2.24, 2.45) is 0 Å². The van der Waals surface area contributed by atoms with Crippen LogP contribution in [0.15, 0.2) is 55.1 Å². The van der Waals surface area contributed by atoms with Gasteiger partial charge in [-0.05, 0) is 56.2 Å². The molecule has 4 rings (SSSR count). The van der Waals surface area contributed by atoms with Crippen molar-refractivity contribution < 1.29 is 14.0 Å². The predicted molar refractivity (Wildman–Crippen MR) is 114 cm³/mol. The van der Waals surface area contributed by atoms with Gasteiger partial charge in [-0.3, -0.25) is 14.6 Å². The molecule has 2 amide bonds. The van der Waals surface area contributed by atoms with Gasteiger partial charge < -0.3 is 14.8 Å². The fraction of sp³-hybridized carbons (Fsp3) is 0.304. The van der Waals surface area contributed by atoms with Crippen LogP contribution in [0.3, 0.4) is 0 Å². The number of likely N-dealkylation sites (tertiary alicyclic amines) is 1. The van der Waals surface area contributed by atoms with E-state index in [2.05, 4.69) is 15.3 Å². The van der Waals surface area contributed by atoms with Crippen molar-refractivity contribution in [1.29, 1.82) is 0 Å².